The van der Waals surface area contributed by atoms with Gasteiger partial charge in [0.1, 0.15) is 0 Å². The summed E-state index contributed by atoms with van der Waals surface area (Å²) in [6.07, 6.45) is 2.07. The molecule has 1 saturated carbocycles. The second kappa shape index (κ2) is 3.88. The van der Waals surface area contributed by atoms with Crippen LogP contribution in [0.3, 0.4) is 0 Å². The number of nitrogens with one attached hydrogen (secondary N) is 1. The van der Waals surface area contributed by atoms with Crippen molar-refractivity contribution in [2.75, 3.05) is 5.32 Å². The molecule has 2 nitrogen and oxygen atoms in total. The first-order valence-corrected chi connectivity index (χ1v) is 6.05. The molecule has 0 atom stereocenters. The topological polar surface area (TPSA) is 29.1 Å². The molecule has 0 aliphatic heterocycles. The van der Waals surface area contributed by atoms with Crippen LogP contribution in [0.1, 0.15) is 18.4 Å². The van der Waals surface area contributed by atoms with Crippen molar-refractivity contribution >= 4 is 22.4 Å². The zero-order valence-electron chi connectivity index (χ0n) is 9.86. The maximum absolute atomic E-state index is 11.9. The third kappa shape index (κ3) is 1.91. The number of rotatable bonds is 2. The van der Waals surface area contributed by atoms with Crippen molar-refractivity contribution in [2.45, 2.75) is 19.8 Å². The van der Waals surface area contributed by atoms with E-state index in [1.807, 2.05) is 19.1 Å². The first-order chi connectivity index (χ1) is 8.25. The molecule has 0 saturated heterocycles. The van der Waals surface area contributed by atoms with E-state index < -0.39 is 0 Å². The number of hydrogen-bond acceptors (Lipinski definition) is 1. The maximum atomic E-state index is 11.9. The fraction of sp³-hybridized carbons (Fsp3) is 0.267. The van der Waals surface area contributed by atoms with Gasteiger partial charge in [0.05, 0.1) is 5.69 Å². The van der Waals surface area contributed by atoms with Crippen LogP contribution < -0.4 is 5.32 Å². The van der Waals surface area contributed by atoms with Crippen molar-refractivity contribution < 1.29 is 4.79 Å². The molecule has 2 aromatic carbocycles. The van der Waals surface area contributed by atoms with Crippen molar-refractivity contribution in [1.82, 2.24) is 0 Å². The maximum Gasteiger partial charge on any atom is 0.227 e. The van der Waals surface area contributed by atoms with Crippen molar-refractivity contribution in [3.8, 4) is 0 Å². The van der Waals surface area contributed by atoms with Crippen LogP contribution in [0.5, 0.6) is 0 Å². The summed E-state index contributed by atoms with van der Waals surface area (Å²) in [6.45, 7) is 2.04. The van der Waals surface area contributed by atoms with Gasteiger partial charge in [0.25, 0.3) is 0 Å². The highest BCUT2D eigenvalue weighted by molar-refractivity contribution is 6.04. The molecule has 17 heavy (non-hydrogen) atoms. The van der Waals surface area contributed by atoms with Crippen LogP contribution in [-0.2, 0) is 4.79 Å². The lowest BCUT2D eigenvalue weighted by molar-refractivity contribution is -0.117. The van der Waals surface area contributed by atoms with E-state index in [0.29, 0.717) is 0 Å². The number of fused-ring (bicyclic) bond motifs is 1. The number of carbonyl (C=O) groups is 1. The summed E-state index contributed by atoms with van der Waals surface area (Å²) >= 11 is 0. The highest BCUT2D eigenvalue weighted by Gasteiger charge is 2.30. The first-order valence-electron chi connectivity index (χ1n) is 6.05. The van der Waals surface area contributed by atoms with E-state index in [1.54, 1.807) is 0 Å². The lowest BCUT2D eigenvalue weighted by Gasteiger charge is -2.11. The summed E-state index contributed by atoms with van der Waals surface area (Å²) in [5.74, 6) is 0.415. The Morgan fingerprint density at radius 1 is 1.18 bits per heavy atom. The predicted octanol–water partition coefficient (Wildman–Crippen LogP) is 3.50. The summed E-state index contributed by atoms with van der Waals surface area (Å²) in [5, 5.41) is 5.37. The fourth-order valence-corrected chi connectivity index (χ4v) is 2.12. The van der Waals surface area contributed by atoms with E-state index in [-0.39, 0.29) is 11.8 Å². The van der Waals surface area contributed by atoms with E-state index in [9.17, 15) is 4.79 Å². The monoisotopic (exact) mass is 225 g/mol. The average molecular weight is 225 g/mol. The standard InChI is InChI=1S/C15H15NO/c1-10-6-7-11-4-2-3-5-13(11)14(10)16-15(17)12-8-9-12/h2-7,12H,8-9H2,1H3,(H,16,17). The van der Waals surface area contributed by atoms with Crippen molar-refractivity contribution in [3.05, 3.63) is 42.0 Å². The molecule has 0 aromatic heterocycles. The van der Waals surface area contributed by atoms with Gasteiger partial charge in [-0.3, -0.25) is 4.79 Å². The minimum absolute atomic E-state index is 0.171. The summed E-state index contributed by atoms with van der Waals surface area (Å²) < 4.78 is 0. The third-order valence-corrected chi connectivity index (χ3v) is 3.33. The molecule has 0 unspecified atom stereocenters. The molecule has 1 fully saturated rings. The Morgan fingerprint density at radius 2 is 1.94 bits per heavy atom. The number of benzene rings is 2. The highest BCUT2D eigenvalue weighted by Crippen LogP contribution is 2.33. The molecular weight excluding hydrogens is 210 g/mol. The number of aryl methyl sites for hydroxylation is 1. The van der Waals surface area contributed by atoms with Crippen LogP contribution in [0.2, 0.25) is 0 Å². The Morgan fingerprint density at radius 3 is 2.71 bits per heavy atom. The van der Waals surface area contributed by atoms with E-state index >= 15 is 0 Å². The molecule has 0 spiro atoms. The van der Waals surface area contributed by atoms with Crippen molar-refractivity contribution in [2.24, 2.45) is 5.92 Å². The Hall–Kier alpha value is -1.83. The van der Waals surface area contributed by atoms with Gasteiger partial charge < -0.3 is 5.32 Å². The van der Waals surface area contributed by atoms with E-state index in [1.165, 1.54) is 5.39 Å². The van der Waals surface area contributed by atoms with E-state index in [2.05, 4.69) is 29.6 Å². The Balaban J connectivity index is 2.06. The number of amides is 1. The van der Waals surface area contributed by atoms with Crippen LogP contribution in [0, 0.1) is 12.8 Å². The smallest absolute Gasteiger partial charge is 0.227 e. The third-order valence-electron chi connectivity index (χ3n) is 3.33. The highest BCUT2D eigenvalue weighted by atomic mass is 16.2. The molecule has 1 amide bonds. The van der Waals surface area contributed by atoms with Gasteiger partial charge in [-0.1, -0.05) is 36.4 Å². The minimum Gasteiger partial charge on any atom is -0.325 e. The number of carbonyl (C=O) groups excluding carboxylic acids is 1. The summed E-state index contributed by atoms with van der Waals surface area (Å²) in [4.78, 5) is 11.9. The summed E-state index contributed by atoms with van der Waals surface area (Å²) in [7, 11) is 0. The lowest BCUT2D eigenvalue weighted by Crippen LogP contribution is -2.14. The molecule has 1 aliphatic rings. The van der Waals surface area contributed by atoms with Gasteiger partial charge in [-0.25, -0.2) is 0 Å². The van der Waals surface area contributed by atoms with Gasteiger partial charge in [0, 0.05) is 11.3 Å². The molecule has 3 rings (SSSR count). The predicted molar refractivity (Wildman–Crippen MR) is 70.0 cm³/mol. The van der Waals surface area contributed by atoms with Gasteiger partial charge in [-0.15, -0.1) is 0 Å². The number of anilines is 1. The molecule has 86 valence electrons. The first kappa shape index (κ1) is 10.3. The zero-order chi connectivity index (χ0) is 11.8. The second-order valence-corrected chi connectivity index (χ2v) is 4.74. The summed E-state index contributed by atoms with van der Waals surface area (Å²) in [6, 6.07) is 12.3. The molecule has 1 aliphatic carbocycles. The van der Waals surface area contributed by atoms with Gasteiger partial charge in [-0.05, 0) is 30.7 Å². The molecule has 0 radical (unpaired) electrons. The van der Waals surface area contributed by atoms with Crippen LogP contribution >= 0.6 is 0 Å². The average Bonchev–Trinajstić information content (AvgIpc) is 3.17. The normalized spacial score (nSPS) is 14.9. The van der Waals surface area contributed by atoms with Gasteiger partial charge in [0.15, 0.2) is 0 Å². The lowest BCUT2D eigenvalue weighted by atomic mass is 10.0. The van der Waals surface area contributed by atoms with Crippen LogP contribution in [0.4, 0.5) is 5.69 Å². The van der Waals surface area contributed by atoms with Gasteiger partial charge in [-0.2, -0.15) is 0 Å². The van der Waals surface area contributed by atoms with E-state index in [0.717, 1.165) is 29.5 Å². The Bertz CT molecular complexity index is 584. The second-order valence-electron chi connectivity index (χ2n) is 4.74. The van der Waals surface area contributed by atoms with E-state index in [4.69, 9.17) is 0 Å². The molecule has 1 N–H and O–H groups in total. The fourth-order valence-electron chi connectivity index (χ4n) is 2.12. The number of hydrogen-bond donors (Lipinski definition) is 1. The van der Waals surface area contributed by atoms with Gasteiger partial charge >= 0.3 is 0 Å². The van der Waals surface area contributed by atoms with Gasteiger partial charge in [0.2, 0.25) is 5.91 Å². The molecule has 2 heteroatoms. The Kier molecular flexibility index (Phi) is 2.36. The van der Waals surface area contributed by atoms with Crippen LogP contribution in [0.15, 0.2) is 36.4 Å². The quantitative estimate of drug-likeness (QED) is 0.832. The molecule has 0 bridgehead atoms. The minimum atomic E-state index is 0.171. The van der Waals surface area contributed by atoms with Crippen molar-refractivity contribution in [1.29, 1.82) is 0 Å². The van der Waals surface area contributed by atoms with Crippen molar-refractivity contribution in [3.63, 3.8) is 0 Å². The SMILES string of the molecule is Cc1ccc2ccccc2c1NC(=O)C1CC1. The van der Waals surface area contributed by atoms with Crippen LogP contribution in [0.25, 0.3) is 10.8 Å². The Labute approximate surface area is 101 Å². The molecular formula is C15H15NO. The summed E-state index contributed by atoms with van der Waals surface area (Å²) in [5.41, 5.74) is 2.10. The molecule has 0 heterocycles. The van der Waals surface area contributed by atoms with Crippen LogP contribution in [-0.4, -0.2) is 5.91 Å². The zero-order valence-corrected chi connectivity index (χ0v) is 9.86. The molecule has 2 aromatic rings. The largest absolute Gasteiger partial charge is 0.325 e.